The van der Waals surface area contributed by atoms with Gasteiger partial charge in [0.15, 0.2) is 0 Å². The first kappa shape index (κ1) is 32.8. The van der Waals surface area contributed by atoms with Crippen LogP contribution < -0.4 is 11.1 Å². The van der Waals surface area contributed by atoms with Crippen molar-refractivity contribution in [1.29, 1.82) is 0 Å². The van der Waals surface area contributed by atoms with Crippen molar-refractivity contribution in [3.8, 4) is 16.8 Å². The van der Waals surface area contributed by atoms with Crippen molar-refractivity contribution in [3.63, 3.8) is 0 Å². The lowest BCUT2D eigenvalue weighted by molar-refractivity contribution is 0.511. The lowest BCUT2D eigenvalue weighted by Gasteiger charge is -2.23. The predicted molar refractivity (Wildman–Crippen MR) is 233 cm³/mol. The Hall–Kier alpha value is -6.78. The number of nitrogens with zero attached hydrogens (tertiary/aromatic N) is 1. The highest BCUT2D eigenvalue weighted by atomic mass is 15.1. The molecule has 10 aromatic rings. The lowest BCUT2D eigenvalue weighted by atomic mass is 9.93. The molecule has 1 aromatic heterocycles. The molecule has 0 amide bonds. The molecular formula is C52H39N3. The number of fused-ring (bicyclic) bond motifs is 7. The van der Waals surface area contributed by atoms with E-state index in [9.17, 15) is 0 Å². The molecule has 55 heavy (non-hydrogen) atoms. The van der Waals surface area contributed by atoms with Gasteiger partial charge in [-0.2, -0.15) is 0 Å². The summed E-state index contributed by atoms with van der Waals surface area (Å²) in [5, 5.41) is 13.8. The van der Waals surface area contributed by atoms with Crippen molar-refractivity contribution in [2.45, 2.75) is 12.2 Å². The molecule has 3 nitrogen and oxygen atoms in total. The summed E-state index contributed by atoms with van der Waals surface area (Å²) in [6, 6.07) is 69.4. The van der Waals surface area contributed by atoms with Gasteiger partial charge in [-0.15, -0.1) is 0 Å². The fraction of sp³-hybridized carbons (Fsp3) is 0.0385. The SMILES string of the molecule is NC(NC(/C=C/c1ccc(-c2cccc3c2ccc2cc4ccccc4cc23)cc1)c1cccc2c1c1ccccc1n2-c1ccccc1)c1ccccc1. The Kier molecular flexibility index (Phi) is 8.29. The maximum atomic E-state index is 6.90. The molecule has 2 unspecified atom stereocenters. The number of hydrogen-bond acceptors (Lipinski definition) is 2. The number of rotatable bonds is 8. The van der Waals surface area contributed by atoms with Crippen molar-refractivity contribution in [1.82, 2.24) is 9.88 Å². The third-order valence-corrected chi connectivity index (χ3v) is 11.0. The molecule has 0 aliphatic rings. The first-order valence-electron chi connectivity index (χ1n) is 19.0. The van der Waals surface area contributed by atoms with E-state index in [4.69, 9.17) is 5.73 Å². The van der Waals surface area contributed by atoms with Crippen molar-refractivity contribution in [2.75, 3.05) is 0 Å². The Balaban J connectivity index is 1.04. The summed E-state index contributed by atoms with van der Waals surface area (Å²) in [6.07, 6.45) is 4.11. The van der Waals surface area contributed by atoms with E-state index in [1.165, 1.54) is 70.8 Å². The fourth-order valence-electron chi connectivity index (χ4n) is 8.38. The monoisotopic (exact) mass is 705 g/mol. The molecule has 2 atom stereocenters. The topological polar surface area (TPSA) is 43.0 Å². The van der Waals surface area contributed by atoms with E-state index in [0.29, 0.717) is 0 Å². The summed E-state index contributed by atoms with van der Waals surface area (Å²) < 4.78 is 2.36. The van der Waals surface area contributed by atoms with E-state index >= 15 is 0 Å². The molecule has 0 saturated heterocycles. The average Bonchev–Trinajstić information content (AvgIpc) is 3.59. The number of nitrogens with two attached hydrogens (primary N) is 1. The Morgan fingerprint density at radius 2 is 1.16 bits per heavy atom. The van der Waals surface area contributed by atoms with Crippen molar-refractivity contribution < 1.29 is 0 Å². The van der Waals surface area contributed by atoms with Crippen molar-refractivity contribution in [3.05, 3.63) is 217 Å². The minimum absolute atomic E-state index is 0.170. The number of benzene rings is 9. The second kappa shape index (κ2) is 13.9. The predicted octanol–water partition coefficient (Wildman–Crippen LogP) is 12.9. The second-order valence-electron chi connectivity index (χ2n) is 14.3. The quantitative estimate of drug-likeness (QED) is 0.0939. The van der Waals surface area contributed by atoms with Gasteiger partial charge in [0.2, 0.25) is 0 Å². The van der Waals surface area contributed by atoms with Crippen LogP contribution in [0.5, 0.6) is 0 Å². The van der Waals surface area contributed by atoms with Crippen LogP contribution in [0.4, 0.5) is 0 Å². The van der Waals surface area contributed by atoms with E-state index in [1.54, 1.807) is 0 Å². The van der Waals surface area contributed by atoms with Gasteiger partial charge in [-0.1, -0.05) is 170 Å². The van der Waals surface area contributed by atoms with E-state index in [1.807, 2.05) is 18.2 Å². The molecular weight excluding hydrogens is 667 g/mol. The summed E-state index contributed by atoms with van der Waals surface area (Å²) in [5.41, 5.74) is 16.2. The molecule has 0 spiro atoms. The second-order valence-corrected chi connectivity index (χ2v) is 14.3. The van der Waals surface area contributed by atoms with Crippen LogP contribution in [0.15, 0.2) is 200 Å². The molecule has 3 N–H and O–H groups in total. The molecule has 1 heterocycles. The number of nitrogens with one attached hydrogen (secondary N) is 1. The Bertz CT molecular complexity index is 3010. The number of para-hydroxylation sites is 2. The molecule has 9 aromatic carbocycles. The smallest absolute Gasteiger partial charge is 0.0817 e. The van der Waals surface area contributed by atoms with Gasteiger partial charge in [0.25, 0.3) is 0 Å². The first-order valence-corrected chi connectivity index (χ1v) is 19.0. The highest BCUT2D eigenvalue weighted by Gasteiger charge is 2.21. The van der Waals surface area contributed by atoms with Gasteiger partial charge in [-0.3, -0.25) is 5.32 Å². The highest BCUT2D eigenvalue weighted by Crippen LogP contribution is 2.38. The summed E-state index contributed by atoms with van der Waals surface area (Å²) in [5.74, 6) is 0. The molecule has 0 aliphatic heterocycles. The van der Waals surface area contributed by atoms with Crippen LogP contribution in [-0.4, -0.2) is 4.57 Å². The van der Waals surface area contributed by atoms with Crippen LogP contribution in [0, 0.1) is 0 Å². The summed E-state index contributed by atoms with van der Waals surface area (Å²) >= 11 is 0. The molecule has 0 bridgehead atoms. The van der Waals surface area contributed by atoms with Crippen molar-refractivity contribution >= 4 is 60.2 Å². The third-order valence-electron chi connectivity index (χ3n) is 11.0. The van der Waals surface area contributed by atoms with Crippen molar-refractivity contribution in [2.24, 2.45) is 5.73 Å². The van der Waals surface area contributed by atoms with Crippen LogP contribution in [0.3, 0.4) is 0 Å². The molecule has 262 valence electrons. The standard InChI is InChI=1S/C52H39N3/c53-52(37-13-3-1-4-14-37)54-48(45-22-12-24-50-51(45)46-19-9-10-23-49(46)55(50)41-17-5-2-6-18-41)32-27-35-25-28-36(29-26-35)42-20-11-21-43-44(42)31-30-40-33-38-15-7-8-16-39(38)34-47(40)43/h1-34,48,52,54H,53H2/b32-27+. The minimum atomic E-state index is -0.364. The zero-order valence-corrected chi connectivity index (χ0v) is 30.3. The fourth-order valence-corrected chi connectivity index (χ4v) is 8.38. The highest BCUT2D eigenvalue weighted by molar-refractivity contribution is 6.15. The number of aromatic nitrogens is 1. The van der Waals surface area contributed by atoms with Crippen LogP contribution in [0.1, 0.15) is 28.9 Å². The van der Waals surface area contributed by atoms with E-state index in [2.05, 4.69) is 198 Å². The molecule has 0 radical (unpaired) electrons. The molecule has 0 aliphatic carbocycles. The molecule has 0 saturated carbocycles. The molecule has 0 fully saturated rings. The summed E-state index contributed by atoms with van der Waals surface area (Å²) in [4.78, 5) is 0. The zero-order chi connectivity index (χ0) is 36.7. The normalized spacial score (nSPS) is 13.0. The minimum Gasteiger partial charge on any atom is -0.312 e. The van der Waals surface area contributed by atoms with Gasteiger partial charge < -0.3 is 10.3 Å². The third kappa shape index (κ3) is 5.97. The largest absolute Gasteiger partial charge is 0.312 e. The zero-order valence-electron chi connectivity index (χ0n) is 30.3. The van der Waals surface area contributed by atoms with Gasteiger partial charge in [-0.25, -0.2) is 0 Å². The van der Waals surface area contributed by atoms with Crippen LogP contribution >= 0.6 is 0 Å². The van der Waals surface area contributed by atoms with E-state index < -0.39 is 0 Å². The van der Waals surface area contributed by atoms with E-state index in [0.717, 1.165) is 16.8 Å². The first-order chi connectivity index (χ1) is 27.2. The maximum absolute atomic E-state index is 6.90. The summed E-state index contributed by atoms with van der Waals surface area (Å²) in [6.45, 7) is 0. The maximum Gasteiger partial charge on any atom is 0.0817 e. The van der Waals surface area contributed by atoms with E-state index in [-0.39, 0.29) is 12.2 Å². The lowest BCUT2D eigenvalue weighted by Crippen LogP contribution is -2.31. The van der Waals surface area contributed by atoms with Crippen LogP contribution in [0.2, 0.25) is 0 Å². The van der Waals surface area contributed by atoms with Gasteiger partial charge in [0.05, 0.1) is 23.2 Å². The Morgan fingerprint density at radius 1 is 0.491 bits per heavy atom. The van der Waals surface area contributed by atoms with Gasteiger partial charge in [0.1, 0.15) is 0 Å². The van der Waals surface area contributed by atoms with Crippen LogP contribution in [0.25, 0.3) is 77.0 Å². The average molecular weight is 706 g/mol. The van der Waals surface area contributed by atoms with Gasteiger partial charge in [0, 0.05) is 16.5 Å². The number of hydrogen-bond donors (Lipinski definition) is 2. The van der Waals surface area contributed by atoms with Gasteiger partial charge >= 0.3 is 0 Å². The molecule has 10 rings (SSSR count). The Morgan fingerprint density at radius 3 is 1.98 bits per heavy atom. The summed E-state index contributed by atoms with van der Waals surface area (Å²) in [7, 11) is 0. The van der Waals surface area contributed by atoms with Gasteiger partial charge in [-0.05, 0) is 96.5 Å². The van der Waals surface area contributed by atoms with Crippen LogP contribution in [-0.2, 0) is 0 Å². The Labute approximate surface area is 320 Å². The molecule has 3 heteroatoms.